The van der Waals surface area contributed by atoms with Gasteiger partial charge in [-0.05, 0) is 80.9 Å². The molecule has 0 saturated heterocycles. The molecule has 0 bridgehead atoms. The summed E-state index contributed by atoms with van der Waals surface area (Å²) in [6.45, 7) is 5.57. The number of carbonyl (C=O) groups is 3. The Hall–Kier alpha value is -5.32. The molecule has 0 atom stereocenters. The van der Waals surface area contributed by atoms with E-state index in [0.29, 0.717) is 39.6 Å². The van der Waals surface area contributed by atoms with Crippen molar-refractivity contribution in [3.8, 4) is 22.4 Å². The molecule has 1 aromatic carbocycles. The van der Waals surface area contributed by atoms with Gasteiger partial charge in [-0.1, -0.05) is 0 Å². The summed E-state index contributed by atoms with van der Waals surface area (Å²) in [5.41, 5.74) is 10.3. The van der Waals surface area contributed by atoms with Gasteiger partial charge in [0.2, 0.25) is 0 Å². The molecule has 42 heavy (non-hydrogen) atoms. The van der Waals surface area contributed by atoms with Gasteiger partial charge in [0, 0.05) is 60.6 Å². The molecule has 3 heterocycles. The van der Waals surface area contributed by atoms with Gasteiger partial charge in [-0.15, -0.1) is 0 Å². The highest BCUT2D eigenvalue weighted by Gasteiger charge is 2.27. The fourth-order valence-corrected chi connectivity index (χ4v) is 4.35. The van der Waals surface area contributed by atoms with Gasteiger partial charge in [0.25, 0.3) is 11.8 Å². The zero-order valence-corrected chi connectivity index (χ0v) is 24.1. The molecule has 11 nitrogen and oxygen atoms in total. The number of carboxylic acid groups (broad SMARTS) is 1. The number of rotatable bonds is 7. The lowest BCUT2D eigenvalue weighted by atomic mass is 10.0. The van der Waals surface area contributed by atoms with E-state index in [1.165, 1.54) is 16.0 Å². The summed E-state index contributed by atoms with van der Waals surface area (Å²) in [5.74, 6) is -0.155. The van der Waals surface area contributed by atoms with Crippen molar-refractivity contribution in [3.63, 3.8) is 0 Å². The Bertz CT molecular complexity index is 1610. The zero-order valence-electron chi connectivity index (χ0n) is 24.1. The van der Waals surface area contributed by atoms with Gasteiger partial charge in [-0.3, -0.25) is 24.5 Å². The van der Waals surface area contributed by atoms with Gasteiger partial charge in [0.1, 0.15) is 5.82 Å². The van der Waals surface area contributed by atoms with Gasteiger partial charge in [-0.25, -0.2) is 9.78 Å². The lowest BCUT2D eigenvalue weighted by Gasteiger charge is -2.33. The van der Waals surface area contributed by atoms with Crippen LogP contribution in [0.5, 0.6) is 0 Å². The number of hydrogen-bond acceptors (Lipinski definition) is 7. The van der Waals surface area contributed by atoms with E-state index < -0.39 is 11.6 Å². The van der Waals surface area contributed by atoms with Crippen molar-refractivity contribution in [3.05, 3.63) is 90.0 Å². The van der Waals surface area contributed by atoms with Crippen LogP contribution in [0.1, 0.15) is 47.2 Å². The summed E-state index contributed by atoms with van der Waals surface area (Å²) < 4.78 is 0. The van der Waals surface area contributed by atoms with E-state index in [1.807, 2.05) is 18.2 Å². The van der Waals surface area contributed by atoms with Crippen molar-refractivity contribution >= 4 is 29.4 Å². The zero-order chi connectivity index (χ0) is 30.6. The van der Waals surface area contributed by atoms with Crippen molar-refractivity contribution in [2.45, 2.75) is 32.9 Å². The summed E-state index contributed by atoms with van der Waals surface area (Å²) in [5, 5.41) is 12.5. The summed E-state index contributed by atoms with van der Waals surface area (Å²) >= 11 is 0. The minimum absolute atomic E-state index is 0.146. The first-order chi connectivity index (χ1) is 19.8. The van der Waals surface area contributed by atoms with Gasteiger partial charge in [0.15, 0.2) is 0 Å². The van der Waals surface area contributed by atoms with Crippen LogP contribution < -0.4 is 16.0 Å². The monoisotopic (exact) mass is 567 g/mol. The molecule has 4 N–H and O–H groups in total. The van der Waals surface area contributed by atoms with E-state index in [4.69, 9.17) is 5.73 Å². The molecule has 0 spiro atoms. The van der Waals surface area contributed by atoms with Crippen LogP contribution >= 0.6 is 0 Å². The third kappa shape index (κ3) is 6.69. The predicted octanol–water partition coefficient (Wildman–Crippen LogP) is 4.70. The Morgan fingerprint density at radius 2 is 1.57 bits per heavy atom. The largest absolute Gasteiger partial charge is 0.465 e. The Morgan fingerprint density at radius 3 is 2.17 bits per heavy atom. The quantitative estimate of drug-likeness (QED) is 0.290. The van der Waals surface area contributed by atoms with Crippen LogP contribution in [0.15, 0.2) is 73.2 Å². The molecule has 0 unspecified atom stereocenters. The normalized spacial score (nSPS) is 11.1. The predicted molar refractivity (Wildman–Crippen MR) is 161 cm³/mol. The highest BCUT2D eigenvalue weighted by atomic mass is 16.4. The second-order valence-corrected chi connectivity index (χ2v) is 10.8. The number of carbonyl (C=O) groups excluding carboxylic acids is 2. The van der Waals surface area contributed by atoms with E-state index in [0.717, 1.165) is 11.1 Å². The molecule has 0 fully saturated rings. The summed E-state index contributed by atoms with van der Waals surface area (Å²) in [7, 11) is 3.36. The Labute approximate surface area is 244 Å². The van der Waals surface area contributed by atoms with Crippen LogP contribution in [-0.4, -0.2) is 62.5 Å². The molecule has 3 amide bonds. The number of nitrogens with zero attached hydrogens (tertiary/aromatic N) is 5. The van der Waals surface area contributed by atoms with Crippen LogP contribution in [0.3, 0.4) is 0 Å². The first kappa shape index (κ1) is 29.7. The third-order valence-electron chi connectivity index (χ3n) is 6.44. The van der Waals surface area contributed by atoms with Crippen LogP contribution in [0.25, 0.3) is 22.4 Å². The third-order valence-corrected chi connectivity index (χ3v) is 6.44. The maximum atomic E-state index is 12.8. The maximum absolute atomic E-state index is 12.8. The van der Waals surface area contributed by atoms with Crippen LogP contribution in [0.4, 0.5) is 16.3 Å². The number of pyridine rings is 3. The van der Waals surface area contributed by atoms with Gasteiger partial charge in [-0.2, -0.15) is 0 Å². The van der Waals surface area contributed by atoms with Gasteiger partial charge >= 0.3 is 6.09 Å². The Morgan fingerprint density at radius 1 is 0.881 bits per heavy atom. The smallest absolute Gasteiger partial charge is 0.412 e. The average Bonchev–Trinajstić information content (AvgIpc) is 2.95. The molecule has 4 rings (SSSR count). The fourth-order valence-electron chi connectivity index (χ4n) is 4.35. The van der Waals surface area contributed by atoms with Crippen LogP contribution in [-0.2, 0) is 6.54 Å². The standard InChI is InChI=1S/C31H33N7O4/c1-31(2,3)38(30(41)42)24-9-6-19(7-10-24)28(39)36-18-23-14-20(12-13-33-23)22-15-25(27(32)35-17-22)26-11-8-21(16-34-26)29(40)37(4)5/h6-17H,18H2,1-5H3,(H2,32,35)(H,36,39)(H,41,42). The van der Waals surface area contributed by atoms with Crippen molar-refractivity contribution in [2.75, 3.05) is 24.7 Å². The number of benzene rings is 1. The number of nitrogens with two attached hydrogens (primary N) is 1. The van der Waals surface area contributed by atoms with E-state index in [1.54, 1.807) is 83.7 Å². The molecule has 0 aliphatic carbocycles. The van der Waals surface area contributed by atoms with Crippen LogP contribution in [0, 0.1) is 0 Å². The Balaban J connectivity index is 1.48. The summed E-state index contributed by atoms with van der Waals surface area (Å²) in [6.07, 6.45) is 3.74. The minimum atomic E-state index is -1.07. The molecule has 0 saturated carbocycles. The number of aromatic nitrogens is 3. The Kier molecular flexibility index (Phi) is 8.51. The average molecular weight is 568 g/mol. The number of anilines is 2. The second kappa shape index (κ2) is 12.0. The lowest BCUT2D eigenvalue weighted by Crippen LogP contribution is -2.45. The second-order valence-electron chi connectivity index (χ2n) is 10.8. The first-order valence-corrected chi connectivity index (χ1v) is 13.2. The molecule has 0 aliphatic rings. The number of amides is 3. The molecule has 0 aliphatic heterocycles. The lowest BCUT2D eigenvalue weighted by molar-refractivity contribution is 0.0826. The van der Waals surface area contributed by atoms with E-state index >= 15 is 0 Å². The number of nitrogens with one attached hydrogen (secondary N) is 1. The van der Waals surface area contributed by atoms with Crippen molar-refractivity contribution < 1.29 is 19.5 Å². The van der Waals surface area contributed by atoms with Gasteiger partial charge < -0.3 is 21.1 Å². The van der Waals surface area contributed by atoms with Crippen molar-refractivity contribution in [1.29, 1.82) is 0 Å². The maximum Gasteiger partial charge on any atom is 0.412 e. The summed E-state index contributed by atoms with van der Waals surface area (Å²) in [6, 6.07) is 15.4. The van der Waals surface area contributed by atoms with Crippen LogP contribution in [0.2, 0.25) is 0 Å². The molecular formula is C31H33N7O4. The number of nitrogen functional groups attached to an aromatic ring is 1. The molecule has 3 aromatic heterocycles. The molecule has 11 heteroatoms. The molecule has 4 aromatic rings. The minimum Gasteiger partial charge on any atom is -0.465 e. The highest BCUT2D eigenvalue weighted by molar-refractivity contribution is 5.95. The topological polar surface area (TPSA) is 155 Å². The highest BCUT2D eigenvalue weighted by Crippen LogP contribution is 2.29. The molecular weight excluding hydrogens is 534 g/mol. The molecule has 216 valence electrons. The fraction of sp³-hybridized carbons (Fsp3) is 0.226. The van der Waals surface area contributed by atoms with E-state index in [2.05, 4.69) is 20.3 Å². The first-order valence-electron chi connectivity index (χ1n) is 13.2. The SMILES string of the molecule is CN(C)C(=O)c1ccc(-c2cc(-c3ccnc(CNC(=O)c4ccc(N(C(=O)O)C(C)(C)C)cc4)c3)cnc2N)nc1. The summed E-state index contributed by atoms with van der Waals surface area (Å²) in [4.78, 5) is 52.6. The number of hydrogen-bond donors (Lipinski definition) is 3. The van der Waals surface area contributed by atoms with Crippen molar-refractivity contribution in [1.82, 2.24) is 25.2 Å². The van der Waals surface area contributed by atoms with Gasteiger partial charge in [0.05, 0.1) is 23.5 Å². The van der Waals surface area contributed by atoms with E-state index in [9.17, 15) is 19.5 Å². The van der Waals surface area contributed by atoms with E-state index in [-0.39, 0.29) is 18.4 Å². The van der Waals surface area contributed by atoms with Crippen molar-refractivity contribution in [2.24, 2.45) is 0 Å². The molecule has 0 radical (unpaired) electrons.